The minimum Gasteiger partial charge on any atom is -0.478 e. The van der Waals surface area contributed by atoms with Crippen molar-refractivity contribution in [3.05, 3.63) is 113 Å². The van der Waals surface area contributed by atoms with Crippen molar-refractivity contribution in [3.8, 4) is 0 Å². The number of nitrogens with zero attached hydrogens (tertiary/aromatic N) is 1. The van der Waals surface area contributed by atoms with Gasteiger partial charge in [0.1, 0.15) is 6.17 Å². The number of rotatable bonds is 5. The van der Waals surface area contributed by atoms with Gasteiger partial charge in [0.05, 0.1) is 16.9 Å². The molecule has 0 spiro atoms. The summed E-state index contributed by atoms with van der Waals surface area (Å²) < 4.78 is 0. The smallest absolute Gasteiger partial charge is 0.335 e. The highest BCUT2D eigenvalue weighted by Gasteiger charge is 2.30. The van der Waals surface area contributed by atoms with Gasteiger partial charge in [-0.2, -0.15) is 0 Å². The van der Waals surface area contributed by atoms with Crippen LogP contribution in [0.4, 0.5) is 17.1 Å². The summed E-state index contributed by atoms with van der Waals surface area (Å²) in [6.45, 7) is 0. The van der Waals surface area contributed by atoms with E-state index in [1.54, 1.807) is 36.0 Å². The number of carboxylic acids is 1. The molecule has 0 saturated heterocycles. The lowest BCUT2D eigenvalue weighted by molar-refractivity contribution is 0.0697. The molecule has 32 heavy (non-hydrogen) atoms. The van der Waals surface area contributed by atoms with Crippen LogP contribution in [0, 0.1) is 0 Å². The molecule has 0 aliphatic carbocycles. The van der Waals surface area contributed by atoms with Gasteiger partial charge in [-0.15, -0.1) is 0 Å². The van der Waals surface area contributed by atoms with Gasteiger partial charge in [0.15, 0.2) is 0 Å². The monoisotopic (exact) mass is 458 g/mol. The van der Waals surface area contributed by atoms with E-state index < -0.39 is 5.97 Å². The van der Waals surface area contributed by atoms with Crippen molar-refractivity contribution in [1.29, 1.82) is 0 Å². The second-order valence-corrected chi connectivity index (χ2v) is 8.91. The molecule has 1 atom stereocenters. The van der Waals surface area contributed by atoms with Gasteiger partial charge >= 0.3 is 5.97 Å². The molecular weight excluding hydrogens is 440 g/mol. The van der Waals surface area contributed by atoms with Crippen LogP contribution in [0.25, 0.3) is 0 Å². The summed E-state index contributed by atoms with van der Waals surface area (Å²) in [7, 11) is 0. The Hall–Kier alpha value is -3.41. The molecule has 1 aliphatic rings. The maximum absolute atomic E-state index is 11.3. The highest BCUT2D eigenvalue weighted by Crippen LogP contribution is 2.51. The van der Waals surface area contributed by atoms with Crippen molar-refractivity contribution in [2.45, 2.75) is 16.0 Å². The fourth-order valence-electron chi connectivity index (χ4n) is 3.82. The van der Waals surface area contributed by atoms with Gasteiger partial charge in [0, 0.05) is 20.5 Å². The normalized spacial score (nSPS) is 13.1. The number of aromatic carboxylic acids is 1. The summed E-state index contributed by atoms with van der Waals surface area (Å²) in [5.74, 6) is -0.943. The second-order valence-electron chi connectivity index (χ2n) is 7.39. The summed E-state index contributed by atoms with van der Waals surface area (Å²) >= 11 is 7.94. The molecule has 0 bridgehead atoms. The minimum atomic E-state index is -0.943. The largest absolute Gasteiger partial charge is 0.478 e. The van der Waals surface area contributed by atoms with Crippen LogP contribution in [-0.2, 0) is 0 Å². The van der Waals surface area contributed by atoms with E-state index in [1.165, 1.54) is 9.79 Å². The first-order chi connectivity index (χ1) is 15.6. The molecular formula is C26H19ClN2O2S. The highest BCUT2D eigenvalue weighted by molar-refractivity contribution is 7.99. The van der Waals surface area contributed by atoms with Crippen molar-refractivity contribution >= 4 is 46.4 Å². The fraction of sp³-hybridized carbons (Fsp3) is 0.0385. The lowest BCUT2D eigenvalue weighted by Gasteiger charge is -2.39. The highest BCUT2D eigenvalue weighted by atomic mass is 35.5. The topological polar surface area (TPSA) is 52.6 Å². The summed E-state index contributed by atoms with van der Waals surface area (Å²) in [5.41, 5.74) is 4.32. The molecule has 4 aromatic carbocycles. The number of hydrogen-bond acceptors (Lipinski definition) is 4. The van der Waals surface area contributed by atoms with Crippen molar-refractivity contribution in [3.63, 3.8) is 0 Å². The average Bonchev–Trinajstić information content (AvgIpc) is 2.82. The van der Waals surface area contributed by atoms with Crippen molar-refractivity contribution in [2.75, 3.05) is 10.2 Å². The molecule has 1 heterocycles. The van der Waals surface area contributed by atoms with Crippen LogP contribution in [0.15, 0.2) is 107 Å². The van der Waals surface area contributed by atoms with Crippen LogP contribution >= 0.6 is 23.4 Å². The van der Waals surface area contributed by atoms with Crippen LogP contribution < -0.4 is 10.2 Å². The maximum Gasteiger partial charge on any atom is 0.335 e. The number of fused-ring (bicyclic) bond motifs is 2. The number of nitrogens with one attached hydrogen (secondary N) is 1. The molecule has 0 aromatic heterocycles. The van der Waals surface area contributed by atoms with Gasteiger partial charge in [0.25, 0.3) is 0 Å². The zero-order valence-corrected chi connectivity index (χ0v) is 18.5. The first kappa shape index (κ1) is 20.5. The zero-order chi connectivity index (χ0) is 22.1. The molecule has 158 valence electrons. The van der Waals surface area contributed by atoms with E-state index in [0.717, 1.165) is 22.6 Å². The Morgan fingerprint density at radius 2 is 1.38 bits per heavy atom. The molecule has 6 heteroatoms. The number of carboxylic acid groups (broad SMARTS) is 1. The number of halogens is 1. The number of carbonyl (C=O) groups is 1. The van der Waals surface area contributed by atoms with Crippen molar-refractivity contribution < 1.29 is 9.90 Å². The predicted molar refractivity (Wildman–Crippen MR) is 130 cm³/mol. The van der Waals surface area contributed by atoms with E-state index in [0.29, 0.717) is 5.02 Å². The van der Waals surface area contributed by atoms with E-state index in [-0.39, 0.29) is 11.7 Å². The third-order valence-electron chi connectivity index (χ3n) is 5.35. The quantitative estimate of drug-likeness (QED) is 0.325. The lowest BCUT2D eigenvalue weighted by atomic mass is 10.1. The number of anilines is 3. The Balaban J connectivity index is 1.64. The predicted octanol–water partition coefficient (Wildman–Crippen LogP) is 7.45. The Morgan fingerprint density at radius 1 is 0.812 bits per heavy atom. The van der Waals surface area contributed by atoms with Gasteiger partial charge < -0.3 is 15.3 Å². The molecule has 1 aliphatic heterocycles. The summed E-state index contributed by atoms with van der Waals surface area (Å²) in [6.07, 6.45) is -0.244. The Morgan fingerprint density at radius 3 is 1.94 bits per heavy atom. The Kier molecular flexibility index (Phi) is 5.52. The second kappa shape index (κ2) is 8.61. The zero-order valence-electron chi connectivity index (χ0n) is 16.9. The van der Waals surface area contributed by atoms with E-state index >= 15 is 0 Å². The van der Waals surface area contributed by atoms with E-state index in [9.17, 15) is 9.90 Å². The Labute approximate surface area is 195 Å². The molecule has 4 nitrogen and oxygen atoms in total. The molecule has 4 aromatic rings. The Bertz CT molecular complexity index is 1230. The average molecular weight is 459 g/mol. The van der Waals surface area contributed by atoms with Crippen molar-refractivity contribution in [2.24, 2.45) is 0 Å². The molecule has 0 radical (unpaired) electrons. The SMILES string of the molecule is O=C(O)c1ccc(NC(c2ccc(Cl)cc2)N2c3ccccc3Sc3ccccc32)cc1. The van der Waals surface area contributed by atoms with E-state index in [4.69, 9.17) is 11.6 Å². The maximum atomic E-state index is 11.3. The number of para-hydroxylation sites is 2. The first-order valence-electron chi connectivity index (χ1n) is 10.1. The van der Waals surface area contributed by atoms with Crippen LogP contribution in [-0.4, -0.2) is 11.1 Å². The third-order valence-corrected chi connectivity index (χ3v) is 6.73. The minimum absolute atomic E-state index is 0.244. The third kappa shape index (κ3) is 3.93. The number of hydrogen-bond donors (Lipinski definition) is 2. The van der Waals surface area contributed by atoms with Crippen LogP contribution in [0.1, 0.15) is 22.1 Å². The standard InChI is InChI=1S/C26H19ClN2O2S/c27-19-13-9-17(10-14-19)25(28-20-15-11-18(12-16-20)26(30)31)29-21-5-1-3-7-23(21)32-24-8-4-2-6-22(24)29/h1-16,25,28H,(H,30,31). The van der Waals surface area contributed by atoms with E-state index in [2.05, 4.69) is 34.5 Å². The molecule has 0 saturated carbocycles. The fourth-order valence-corrected chi connectivity index (χ4v) is 5.02. The summed E-state index contributed by atoms with van der Waals surface area (Å²) in [5, 5.41) is 13.5. The van der Waals surface area contributed by atoms with E-state index in [1.807, 2.05) is 48.5 Å². The molecule has 0 fully saturated rings. The first-order valence-corrected chi connectivity index (χ1v) is 11.3. The van der Waals surface area contributed by atoms with Gasteiger partial charge in [-0.25, -0.2) is 4.79 Å². The molecule has 2 N–H and O–H groups in total. The van der Waals surface area contributed by atoms with Gasteiger partial charge in [0.2, 0.25) is 0 Å². The van der Waals surface area contributed by atoms with Crippen LogP contribution in [0.2, 0.25) is 5.02 Å². The van der Waals surface area contributed by atoms with Gasteiger partial charge in [-0.1, -0.05) is 59.8 Å². The van der Waals surface area contributed by atoms with Crippen molar-refractivity contribution in [1.82, 2.24) is 0 Å². The summed E-state index contributed by atoms with van der Waals surface area (Å²) in [4.78, 5) is 15.9. The molecule has 1 unspecified atom stereocenters. The van der Waals surface area contributed by atoms with Crippen LogP contribution in [0.5, 0.6) is 0 Å². The van der Waals surface area contributed by atoms with Gasteiger partial charge in [-0.05, 0) is 66.2 Å². The molecule has 0 amide bonds. The van der Waals surface area contributed by atoms with Crippen LogP contribution in [0.3, 0.4) is 0 Å². The summed E-state index contributed by atoms with van der Waals surface area (Å²) in [6, 6.07) is 31.3. The molecule has 5 rings (SSSR count). The number of benzene rings is 4. The van der Waals surface area contributed by atoms with Gasteiger partial charge in [-0.3, -0.25) is 0 Å². The lowest BCUT2D eigenvalue weighted by Crippen LogP contribution is -2.32.